The quantitative estimate of drug-likeness (QED) is 0.659. The number of aromatic nitrogens is 1. The molecule has 1 heterocycles. The second-order valence-electron chi connectivity index (χ2n) is 3.77. The molecule has 0 bridgehead atoms. The monoisotopic (exact) mass is 195 g/mol. The second kappa shape index (κ2) is 5.20. The van der Waals surface area contributed by atoms with Crippen molar-refractivity contribution in [3.8, 4) is 0 Å². The summed E-state index contributed by atoms with van der Waals surface area (Å²) < 4.78 is 7.64. The third kappa shape index (κ3) is 2.61. The SMILES string of the molecule is CCOCCCn1cc(C)c(C)c1C. The number of aryl methyl sites for hydroxylation is 2. The standard InChI is InChI=1S/C12H21NO/c1-5-14-8-6-7-13-9-10(2)11(3)12(13)4/h9H,5-8H2,1-4H3. The van der Waals surface area contributed by atoms with E-state index in [1.54, 1.807) is 0 Å². The van der Waals surface area contributed by atoms with Gasteiger partial charge in [-0.1, -0.05) is 0 Å². The van der Waals surface area contributed by atoms with E-state index in [-0.39, 0.29) is 0 Å². The van der Waals surface area contributed by atoms with Gasteiger partial charge in [0.15, 0.2) is 0 Å². The molecule has 1 aromatic rings. The van der Waals surface area contributed by atoms with E-state index in [1.165, 1.54) is 16.8 Å². The van der Waals surface area contributed by atoms with E-state index in [2.05, 4.69) is 31.5 Å². The van der Waals surface area contributed by atoms with Crippen molar-refractivity contribution in [1.29, 1.82) is 0 Å². The van der Waals surface area contributed by atoms with Crippen molar-refractivity contribution in [2.45, 2.75) is 40.7 Å². The second-order valence-corrected chi connectivity index (χ2v) is 3.77. The Balaban J connectivity index is 2.47. The summed E-state index contributed by atoms with van der Waals surface area (Å²) in [5, 5.41) is 0. The van der Waals surface area contributed by atoms with E-state index in [4.69, 9.17) is 4.74 Å². The van der Waals surface area contributed by atoms with Gasteiger partial charge in [-0.15, -0.1) is 0 Å². The highest BCUT2D eigenvalue weighted by Gasteiger charge is 2.03. The zero-order valence-electron chi connectivity index (χ0n) is 9.76. The molecule has 1 aromatic heterocycles. The minimum Gasteiger partial charge on any atom is -0.382 e. The summed E-state index contributed by atoms with van der Waals surface area (Å²) in [6.45, 7) is 11.3. The number of hydrogen-bond donors (Lipinski definition) is 0. The first-order valence-electron chi connectivity index (χ1n) is 5.37. The molecular formula is C12H21NO. The first-order chi connectivity index (χ1) is 6.66. The van der Waals surface area contributed by atoms with Crippen LogP contribution in [-0.2, 0) is 11.3 Å². The zero-order chi connectivity index (χ0) is 10.6. The van der Waals surface area contributed by atoms with Crippen LogP contribution in [0.1, 0.15) is 30.2 Å². The van der Waals surface area contributed by atoms with Crippen LogP contribution in [-0.4, -0.2) is 17.8 Å². The normalized spacial score (nSPS) is 10.9. The molecule has 0 N–H and O–H groups in total. The van der Waals surface area contributed by atoms with Crippen molar-refractivity contribution in [3.05, 3.63) is 23.0 Å². The number of ether oxygens (including phenoxy) is 1. The van der Waals surface area contributed by atoms with Crippen LogP contribution in [0.4, 0.5) is 0 Å². The van der Waals surface area contributed by atoms with Crippen molar-refractivity contribution >= 4 is 0 Å². The van der Waals surface area contributed by atoms with Crippen LogP contribution >= 0.6 is 0 Å². The summed E-state index contributed by atoms with van der Waals surface area (Å²) in [4.78, 5) is 0. The lowest BCUT2D eigenvalue weighted by atomic mass is 10.2. The number of nitrogens with zero attached hydrogens (tertiary/aromatic N) is 1. The predicted molar refractivity (Wildman–Crippen MR) is 59.8 cm³/mol. The summed E-state index contributed by atoms with van der Waals surface area (Å²) in [5.74, 6) is 0. The van der Waals surface area contributed by atoms with Crippen molar-refractivity contribution in [1.82, 2.24) is 4.57 Å². The lowest BCUT2D eigenvalue weighted by molar-refractivity contribution is 0.141. The molecule has 0 atom stereocenters. The van der Waals surface area contributed by atoms with Crippen molar-refractivity contribution < 1.29 is 4.74 Å². The van der Waals surface area contributed by atoms with Crippen molar-refractivity contribution in [3.63, 3.8) is 0 Å². The highest BCUT2D eigenvalue weighted by atomic mass is 16.5. The molecule has 0 radical (unpaired) electrons. The lowest BCUT2D eigenvalue weighted by Gasteiger charge is -2.06. The average Bonchev–Trinajstić information content (AvgIpc) is 2.41. The van der Waals surface area contributed by atoms with Gasteiger partial charge in [0.05, 0.1) is 0 Å². The third-order valence-corrected chi connectivity index (χ3v) is 2.81. The van der Waals surface area contributed by atoms with Gasteiger partial charge in [-0.2, -0.15) is 0 Å². The van der Waals surface area contributed by atoms with Crippen LogP contribution in [0, 0.1) is 20.8 Å². The van der Waals surface area contributed by atoms with Crippen molar-refractivity contribution in [2.75, 3.05) is 13.2 Å². The van der Waals surface area contributed by atoms with E-state index >= 15 is 0 Å². The highest BCUT2D eigenvalue weighted by Crippen LogP contribution is 2.14. The molecule has 80 valence electrons. The minimum absolute atomic E-state index is 0.822. The predicted octanol–water partition coefficient (Wildman–Crippen LogP) is 2.84. The molecule has 0 unspecified atom stereocenters. The van der Waals surface area contributed by atoms with Gasteiger partial charge in [0.25, 0.3) is 0 Å². The Labute approximate surface area is 86.9 Å². The molecule has 0 aliphatic heterocycles. The molecule has 2 nitrogen and oxygen atoms in total. The first-order valence-corrected chi connectivity index (χ1v) is 5.37. The van der Waals surface area contributed by atoms with E-state index in [0.29, 0.717) is 0 Å². The van der Waals surface area contributed by atoms with Crippen LogP contribution in [0.15, 0.2) is 6.20 Å². The smallest absolute Gasteiger partial charge is 0.0482 e. The fourth-order valence-electron chi connectivity index (χ4n) is 1.64. The summed E-state index contributed by atoms with van der Waals surface area (Å²) in [5.41, 5.74) is 4.19. The van der Waals surface area contributed by atoms with Crippen LogP contribution in [0.2, 0.25) is 0 Å². The zero-order valence-corrected chi connectivity index (χ0v) is 9.76. The van der Waals surface area contributed by atoms with Gasteiger partial charge < -0.3 is 9.30 Å². The Morgan fingerprint density at radius 1 is 1.29 bits per heavy atom. The number of hydrogen-bond acceptors (Lipinski definition) is 1. The molecule has 0 aliphatic carbocycles. The van der Waals surface area contributed by atoms with Gasteiger partial charge in [-0.3, -0.25) is 0 Å². The fraction of sp³-hybridized carbons (Fsp3) is 0.667. The van der Waals surface area contributed by atoms with E-state index in [0.717, 1.165) is 26.2 Å². The molecule has 0 spiro atoms. The minimum atomic E-state index is 0.822. The summed E-state index contributed by atoms with van der Waals surface area (Å²) in [6.07, 6.45) is 3.33. The third-order valence-electron chi connectivity index (χ3n) is 2.81. The maximum Gasteiger partial charge on any atom is 0.0482 e. The van der Waals surface area contributed by atoms with Crippen LogP contribution in [0.5, 0.6) is 0 Å². The molecule has 0 aromatic carbocycles. The van der Waals surface area contributed by atoms with Crippen LogP contribution in [0.25, 0.3) is 0 Å². The highest BCUT2D eigenvalue weighted by molar-refractivity contribution is 5.28. The first kappa shape index (κ1) is 11.3. The van der Waals surface area contributed by atoms with Gasteiger partial charge in [0.1, 0.15) is 0 Å². The maximum absolute atomic E-state index is 5.32. The largest absolute Gasteiger partial charge is 0.382 e. The summed E-state index contributed by atoms with van der Waals surface area (Å²) >= 11 is 0. The van der Waals surface area contributed by atoms with Gasteiger partial charge >= 0.3 is 0 Å². The van der Waals surface area contributed by atoms with Crippen molar-refractivity contribution in [2.24, 2.45) is 0 Å². The Morgan fingerprint density at radius 2 is 2.00 bits per heavy atom. The summed E-state index contributed by atoms with van der Waals surface area (Å²) in [7, 11) is 0. The molecule has 0 saturated carbocycles. The van der Waals surface area contributed by atoms with Gasteiger partial charge in [-0.05, 0) is 45.2 Å². The van der Waals surface area contributed by atoms with Crippen LogP contribution < -0.4 is 0 Å². The molecule has 14 heavy (non-hydrogen) atoms. The molecule has 0 amide bonds. The van der Waals surface area contributed by atoms with E-state index < -0.39 is 0 Å². The van der Waals surface area contributed by atoms with Gasteiger partial charge in [-0.25, -0.2) is 0 Å². The average molecular weight is 195 g/mol. The van der Waals surface area contributed by atoms with Gasteiger partial charge in [0, 0.05) is 31.6 Å². The molecule has 2 heteroatoms. The fourth-order valence-corrected chi connectivity index (χ4v) is 1.64. The van der Waals surface area contributed by atoms with E-state index in [9.17, 15) is 0 Å². The summed E-state index contributed by atoms with van der Waals surface area (Å²) in [6, 6.07) is 0. The maximum atomic E-state index is 5.32. The van der Waals surface area contributed by atoms with E-state index in [1.807, 2.05) is 6.92 Å². The Kier molecular flexibility index (Phi) is 4.21. The molecular weight excluding hydrogens is 174 g/mol. The number of rotatable bonds is 5. The Morgan fingerprint density at radius 3 is 2.50 bits per heavy atom. The topological polar surface area (TPSA) is 14.2 Å². The molecule has 0 fully saturated rings. The van der Waals surface area contributed by atoms with Crippen LogP contribution in [0.3, 0.4) is 0 Å². The Bertz CT molecular complexity index is 289. The molecule has 0 saturated heterocycles. The van der Waals surface area contributed by atoms with Gasteiger partial charge in [0.2, 0.25) is 0 Å². The Hall–Kier alpha value is -0.760. The molecule has 1 rings (SSSR count). The molecule has 0 aliphatic rings. The lowest BCUT2D eigenvalue weighted by Crippen LogP contribution is -2.03.